The number of carbonyl (C=O) groups is 1. The highest BCUT2D eigenvalue weighted by Gasteiger charge is 2.18. The number of aromatic nitrogens is 2. The molecular formula is C23H22N4O2S2. The first-order valence-electron chi connectivity index (χ1n) is 10.2. The second kappa shape index (κ2) is 9.94. The zero-order chi connectivity index (χ0) is 21.6. The van der Waals surface area contributed by atoms with Crippen molar-refractivity contribution in [2.75, 3.05) is 5.32 Å². The topological polar surface area (TPSA) is 91.8 Å². The molecular weight excluding hydrogens is 428 g/mol. The highest BCUT2D eigenvalue weighted by molar-refractivity contribution is 7.99. The predicted molar refractivity (Wildman–Crippen MR) is 124 cm³/mol. The second-order valence-electron chi connectivity index (χ2n) is 7.39. The molecule has 0 atom stereocenters. The van der Waals surface area contributed by atoms with Crippen LogP contribution in [0.15, 0.2) is 51.5 Å². The lowest BCUT2D eigenvalue weighted by Crippen LogP contribution is -2.13. The molecule has 0 radical (unpaired) electrons. The molecule has 1 N–H and O–H groups in total. The Kier molecular flexibility index (Phi) is 6.85. The zero-order valence-corrected chi connectivity index (χ0v) is 18.8. The number of rotatable bonds is 6. The molecule has 8 heteroatoms. The fourth-order valence-corrected chi connectivity index (χ4v) is 5.49. The Morgan fingerprint density at radius 2 is 2.03 bits per heavy atom. The van der Waals surface area contributed by atoms with Crippen molar-refractivity contribution in [3.05, 3.63) is 53.3 Å². The molecule has 1 aliphatic carbocycles. The van der Waals surface area contributed by atoms with Crippen LogP contribution >= 0.6 is 23.1 Å². The molecule has 0 saturated heterocycles. The standard InChI is InChI=1S/C23H22N4O2S2/c1-15-7-5-6-10-19(15)22-26-27-23(31-22)25-21(28)16(14-24)13-17-11-12-20(29-17)30-18-8-3-2-4-9-18/h5-7,10-13,18H,2-4,8-9H2,1H3,(H,25,27,28)/b16-13-. The maximum absolute atomic E-state index is 12.6. The number of benzene rings is 1. The van der Waals surface area contributed by atoms with Gasteiger partial charge in [-0.25, -0.2) is 0 Å². The summed E-state index contributed by atoms with van der Waals surface area (Å²) in [4.78, 5) is 12.6. The van der Waals surface area contributed by atoms with E-state index in [1.807, 2.05) is 43.3 Å². The molecule has 3 aromatic rings. The highest BCUT2D eigenvalue weighted by atomic mass is 32.2. The summed E-state index contributed by atoms with van der Waals surface area (Å²) in [5, 5.41) is 22.8. The van der Waals surface area contributed by atoms with E-state index in [4.69, 9.17) is 4.42 Å². The summed E-state index contributed by atoms with van der Waals surface area (Å²) in [5.74, 6) is -0.0456. The molecule has 1 aromatic carbocycles. The second-order valence-corrected chi connectivity index (χ2v) is 9.67. The summed E-state index contributed by atoms with van der Waals surface area (Å²) in [5.41, 5.74) is 2.00. The van der Waals surface area contributed by atoms with Crippen molar-refractivity contribution in [2.45, 2.75) is 49.4 Å². The number of hydrogen-bond acceptors (Lipinski definition) is 7. The normalized spacial score (nSPS) is 14.9. The number of amides is 1. The number of anilines is 1. The van der Waals surface area contributed by atoms with Crippen molar-refractivity contribution in [3.8, 4) is 16.6 Å². The summed E-state index contributed by atoms with van der Waals surface area (Å²) in [6.45, 7) is 2.00. The van der Waals surface area contributed by atoms with Gasteiger partial charge >= 0.3 is 0 Å². The van der Waals surface area contributed by atoms with E-state index in [1.165, 1.54) is 49.5 Å². The van der Waals surface area contributed by atoms with E-state index >= 15 is 0 Å². The average molecular weight is 451 g/mol. The number of thioether (sulfide) groups is 1. The Labute approximate surface area is 189 Å². The molecule has 1 fully saturated rings. The van der Waals surface area contributed by atoms with Crippen LogP contribution in [0.3, 0.4) is 0 Å². The number of hydrogen-bond donors (Lipinski definition) is 1. The first-order valence-corrected chi connectivity index (χ1v) is 11.9. The Balaban J connectivity index is 1.42. The van der Waals surface area contributed by atoms with Gasteiger partial charge in [0.2, 0.25) is 5.13 Å². The van der Waals surface area contributed by atoms with Crippen molar-refractivity contribution in [2.24, 2.45) is 0 Å². The molecule has 2 aromatic heterocycles. The molecule has 1 amide bonds. The average Bonchev–Trinajstić information content (AvgIpc) is 3.42. The third-order valence-corrected chi connectivity index (χ3v) is 7.24. The first-order chi connectivity index (χ1) is 15.1. The van der Waals surface area contributed by atoms with Gasteiger partial charge in [0.15, 0.2) is 5.09 Å². The number of furan rings is 1. The van der Waals surface area contributed by atoms with Crippen LogP contribution in [-0.4, -0.2) is 21.4 Å². The number of nitrogens with one attached hydrogen (secondary N) is 1. The molecule has 0 aliphatic heterocycles. The minimum atomic E-state index is -0.534. The summed E-state index contributed by atoms with van der Waals surface area (Å²) in [7, 11) is 0. The SMILES string of the molecule is Cc1ccccc1-c1nnc(NC(=O)/C(C#N)=C\c2ccc(SC3CCCCC3)o2)s1. The van der Waals surface area contributed by atoms with Gasteiger partial charge in [-0.3, -0.25) is 10.1 Å². The van der Waals surface area contributed by atoms with Gasteiger partial charge in [-0.2, -0.15) is 5.26 Å². The maximum Gasteiger partial charge on any atom is 0.268 e. The van der Waals surface area contributed by atoms with Gasteiger partial charge in [-0.1, -0.05) is 66.6 Å². The van der Waals surface area contributed by atoms with E-state index in [0.29, 0.717) is 21.1 Å². The van der Waals surface area contributed by atoms with Crippen LogP contribution in [0.25, 0.3) is 16.6 Å². The first kappa shape index (κ1) is 21.3. The Bertz CT molecular complexity index is 1140. The molecule has 1 aliphatic rings. The van der Waals surface area contributed by atoms with Crippen LogP contribution in [0.4, 0.5) is 5.13 Å². The molecule has 0 spiro atoms. The molecule has 31 heavy (non-hydrogen) atoms. The molecule has 0 bridgehead atoms. The summed E-state index contributed by atoms with van der Waals surface area (Å²) in [6, 6.07) is 13.5. The van der Waals surface area contributed by atoms with Gasteiger partial charge in [0, 0.05) is 16.9 Å². The van der Waals surface area contributed by atoms with E-state index in [1.54, 1.807) is 17.8 Å². The maximum atomic E-state index is 12.6. The smallest absolute Gasteiger partial charge is 0.268 e. The van der Waals surface area contributed by atoms with Crippen LogP contribution in [0.5, 0.6) is 0 Å². The van der Waals surface area contributed by atoms with Gasteiger partial charge in [0.1, 0.15) is 22.4 Å². The van der Waals surface area contributed by atoms with E-state index < -0.39 is 5.91 Å². The molecule has 6 nitrogen and oxygen atoms in total. The Morgan fingerprint density at radius 1 is 1.23 bits per heavy atom. The van der Waals surface area contributed by atoms with Crippen LogP contribution in [-0.2, 0) is 4.79 Å². The van der Waals surface area contributed by atoms with Crippen molar-refractivity contribution < 1.29 is 9.21 Å². The molecule has 2 heterocycles. The lowest BCUT2D eigenvalue weighted by atomic mass is 10.0. The fourth-order valence-electron chi connectivity index (χ4n) is 3.47. The molecule has 158 valence electrons. The van der Waals surface area contributed by atoms with E-state index in [9.17, 15) is 10.1 Å². The van der Waals surface area contributed by atoms with Gasteiger partial charge in [0.05, 0.1) is 0 Å². The lowest BCUT2D eigenvalue weighted by molar-refractivity contribution is -0.112. The van der Waals surface area contributed by atoms with Gasteiger partial charge in [-0.15, -0.1) is 10.2 Å². The minimum absolute atomic E-state index is 0.0452. The van der Waals surface area contributed by atoms with Crippen LogP contribution in [0, 0.1) is 18.3 Å². The zero-order valence-electron chi connectivity index (χ0n) is 17.1. The molecule has 0 unspecified atom stereocenters. The Hall–Kier alpha value is -2.89. The monoisotopic (exact) mass is 450 g/mol. The number of aryl methyl sites for hydroxylation is 1. The van der Waals surface area contributed by atoms with Crippen LogP contribution in [0.2, 0.25) is 0 Å². The van der Waals surface area contributed by atoms with E-state index in [2.05, 4.69) is 15.5 Å². The quantitative estimate of drug-likeness (QED) is 0.362. The lowest BCUT2D eigenvalue weighted by Gasteiger charge is -2.19. The third-order valence-electron chi connectivity index (χ3n) is 5.11. The largest absolute Gasteiger partial charge is 0.450 e. The van der Waals surface area contributed by atoms with Crippen molar-refractivity contribution in [3.63, 3.8) is 0 Å². The number of carbonyl (C=O) groups excluding carboxylic acids is 1. The third kappa shape index (κ3) is 5.43. The number of nitrogens with zero attached hydrogens (tertiary/aromatic N) is 3. The van der Waals surface area contributed by atoms with Crippen LogP contribution in [0.1, 0.15) is 43.4 Å². The number of nitriles is 1. The minimum Gasteiger partial charge on any atom is -0.450 e. The summed E-state index contributed by atoms with van der Waals surface area (Å²) in [6.07, 6.45) is 7.71. The highest BCUT2D eigenvalue weighted by Crippen LogP contribution is 2.35. The fraction of sp³-hybridized carbons (Fsp3) is 0.304. The Morgan fingerprint density at radius 3 is 2.81 bits per heavy atom. The van der Waals surface area contributed by atoms with Crippen molar-refractivity contribution >= 4 is 40.2 Å². The van der Waals surface area contributed by atoms with Crippen molar-refractivity contribution in [1.29, 1.82) is 5.26 Å². The summed E-state index contributed by atoms with van der Waals surface area (Å²) < 4.78 is 5.82. The van der Waals surface area contributed by atoms with Crippen molar-refractivity contribution in [1.82, 2.24) is 10.2 Å². The predicted octanol–water partition coefficient (Wildman–Crippen LogP) is 6.08. The molecule has 4 rings (SSSR count). The van der Waals surface area contributed by atoms with E-state index in [0.717, 1.165) is 16.2 Å². The van der Waals surface area contributed by atoms with Gasteiger partial charge in [-0.05, 0) is 37.5 Å². The van der Waals surface area contributed by atoms with Gasteiger partial charge < -0.3 is 4.42 Å². The molecule has 1 saturated carbocycles. The van der Waals surface area contributed by atoms with Gasteiger partial charge in [0.25, 0.3) is 5.91 Å². The van der Waals surface area contributed by atoms with E-state index in [-0.39, 0.29) is 5.57 Å². The van der Waals surface area contributed by atoms with Crippen LogP contribution < -0.4 is 5.32 Å². The summed E-state index contributed by atoms with van der Waals surface area (Å²) >= 11 is 3.01.